The molecular formula is C36H24N2. The Hall–Kier alpha value is -5.08. The highest BCUT2D eigenvalue weighted by atomic mass is 15.0. The molecule has 0 N–H and O–H groups in total. The molecule has 6 aromatic carbocycles. The highest BCUT2D eigenvalue weighted by Crippen LogP contribution is 2.38. The second-order valence-electron chi connectivity index (χ2n) is 8.53. The number of nitrogens with zero attached hydrogens (tertiary/aromatic N) is 2. The molecule has 2 aromatic heterocycles. The van der Waals surface area contributed by atoms with Crippen LogP contribution >= 0.6 is 0 Å². The maximum Gasteiger partial charge on any atom is 0.0645 e. The molecule has 0 unspecified atom stereocenters. The van der Waals surface area contributed by atoms with E-state index in [0.29, 0.717) is 11.1 Å². The van der Waals surface area contributed by atoms with E-state index >= 15 is 0 Å². The molecule has 8 rings (SSSR count). The second kappa shape index (κ2) is 8.22. The smallest absolute Gasteiger partial charge is 0.0645 e. The number of para-hydroxylation sites is 4. The van der Waals surface area contributed by atoms with Crippen LogP contribution in [0.15, 0.2) is 145 Å². The molecule has 38 heavy (non-hydrogen) atoms. The molecule has 0 spiro atoms. The molecule has 178 valence electrons. The summed E-state index contributed by atoms with van der Waals surface area (Å²) < 4.78 is 156. The average Bonchev–Trinajstić information content (AvgIpc) is 3.70. The molecule has 8 aromatic rings. The van der Waals surface area contributed by atoms with Gasteiger partial charge in [-0.2, -0.15) is 0 Å². The molecule has 0 radical (unpaired) electrons. The van der Waals surface area contributed by atoms with Crippen LogP contribution in [0.3, 0.4) is 0 Å². The van der Waals surface area contributed by atoms with Crippen molar-refractivity contribution in [3.8, 4) is 22.5 Å². The van der Waals surface area contributed by atoms with Gasteiger partial charge in [0, 0.05) is 32.9 Å². The fourth-order valence-corrected chi connectivity index (χ4v) is 4.97. The van der Waals surface area contributed by atoms with Crippen LogP contribution < -0.4 is 0 Å². The summed E-state index contributed by atoms with van der Waals surface area (Å²) in [6, 6.07) is -0.766. The minimum absolute atomic E-state index is 0.0210. The van der Waals surface area contributed by atoms with E-state index < -0.39 is 109 Å². The Balaban J connectivity index is 1.49. The fourth-order valence-electron chi connectivity index (χ4n) is 4.97. The molecule has 0 aliphatic rings. The normalized spacial score (nSPS) is 18.3. The summed E-state index contributed by atoms with van der Waals surface area (Å²) in [6.45, 7) is 0. The first-order valence-corrected chi connectivity index (χ1v) is 11.6. The second-order valence-corrected chi connectivity index (χ2v) is 8.53. The van der Waals surface area contributed by atoms with E-state index in [9.17, 15) is 0 Å². The van der Waals surface area contributed by atoms with Crippen molar-refractivity contribution in [2.24, 2.45) is 0 Å². The molecular weight excluding hydrogens is 460 g/mol. The third-order valence-electron chi connectivity index (χ3n) is 6.55. The van der Waals surface area contributed by atoms with Gasteiger partial charge in [0.1, 0.15) is 0 Å². The van der Waals surface area contributed by atoms with Gasteiger partial charge in [-0.25, -0.2) is 0 Å². The molecule has 2 heterocycles. The van der Waals surface area contributed by atoms with Crippen LogP contribution in [0.4, 0.5) is 0 Å². The predicted octanol–water partition coefficient (Wildman–Crippen LogP) is 9.55. The van der Waals surface area contributed by atoms with Gasteiger partial charge >= 0.3 is 0 Å². The number of hydrogen-bond acceptors (Lipinski definition) is 0. The van der Waals surface area contributed by atoms with E-state index in [4.69, 9.17) is 24.7 Å². The van der Waals surface area contributed by atoms with Gasteiger partial charge in [0.2, 0.25) is 0 Å². The van der Waals surface area contributed by atoms with Crippen LogP contribution in [0.5, 0.6) is 0 Å². The summed E-state index contributed by atoms with van der Waals surface area (Å²) in [5, 5.41) is 0.542. The quantitative estimate of drug-likeness (QED) is 0.228. The van der Waals surface area contributed by atoms with Gasteiger partial charge in [0.05, 0.1) is 46.7 Å². The minimum Gasteiger partial charge on any atom is -0.309 e. The van der Waals surface area contributed by atoms with Gasteiger partial charge in [-0.15, -0.1) is 0 Å². The van der Waals surface area contributed by atoms with Crippen LogP contribution in [0.1, 0.15) is 24.7 Å². The Kier molecular flexibility index (Phi) is 2.16. The molecule has 0 saturated carbocycles. The van der Waals surface area contributed by atoms with Gasteiger partial charge in [0.15, 0.2) is 0 Å². The van der Waals surface area contributed by atoms with Crippen molar-refractivity contribution in [1.29, 1.82) is 0 Å². The van der Waals surface area contributed by atoms with Gasteiger partial charge in [-0.3, -0.25) is 0 Å². The molecule has 0 amide bonds. The van der Waals surface area contributed by atoms with E-state index in [-0.39, 0.29) is 55.0 Å². The largest absolute Gasteiger partial charge is 0.309 e. The number of rotatable bonds is 3. The molecule has 0 atom stereocenters. The Bertz CT molecular complexity index is 2860. The molecule has 0 bridgehead atoms. The highest BCUT2D eigenvalue weighted by Gasteiger charge is 2.15. The number of benzene rings is 6. The Morgan fingerprint density at radius 3 is 1.21 bits per heavy atom. The van der Waals surface area contributed by atoms with Crippen molar-refractivity contribution in [3.05, 3.63) is 145 Å². The zero-order valence-electron chi connectivity index (χ0n) is 37.4. The van der Waals surface area contributed by atoms with E-state index in [1.54, 1.807) is 36.4 Å². The summed E-state index contributed by atoms with van der Waals surface area (Å²) >= 11 is 0. The average molecular weight is 503 g/mol. The first-order valence-electron chi connectivity index (χ1n) is 20.6. The van der Waals surface area contributed by atoms with Crippen LogP contribution in [-0.2, 0) is 0 Å². The van der Waals surface area contributed by atoms with Crippen molar-refractivity contribution < 1.29 is 24.7 Å². The third kappa shape index (κ3) is 3.07. The van der Waals surface area contributed by atoms with E-state index in [1.807, 2.05) is 0 Å². The maximum atomic E-state index is 8.88. The lowest BCUT2D eigenvalue weighted by molar-refractivity contribution is 1.18. The van der Waals surface area contributed by atoms with Crippen LogP contribution in [0.2, 0.25) is 0 Å². The lowest BCUT2D eigenvalue weighted by Crippen LogP contribution is -1.93. The van der Waals surface area contributed by atoms with E-state index in [2.05, 4.69) is 0 Å². The van der Waals surface area contributed by atoms with E-state index in [0.717, 1.165) is 0 Å². The fraction of sp³-hybridized carbons (Fsp3) is 0. The first kappa shape index (κ1) is 10.00. The topological polar surface area (TPSA) is 9.86 Å². The molecule has 2 nitrogen and oxygen atoms in total. The maximum absolute atomic E-state index is 8.88. The standard InChI is InChI=1S/C36H24N2/c1-3-11-27(12-4-1)37-33-17-9-7-15-29(33)31-23-25(19-21-35(31)37)26-20-22-36-32(24-26)30-16-8-10-18-34(30)38(36)28-13-5-2-6-14-28/h1-24H/i1D,2D,3D,4D,5D,6D,7D,8D,9D,10D,11D,12D,13D,14D,15D,16D,17D,18D. The Morgan fingerprint density at radius 1 is 0.368 bits per heavy atom. The first-order chi connectivity index (χ1) is 26.3. The Labute approximate surface area is 245 Å². The van der Waals surface area contributed by atoms with Gasteiger partial charge in [-0.1, -0.05) is 84.6 Å². The summed E-state index contributed by atoms with van der Waals surface area (Å²) in [5.74, 6) is 0. The zero-order chi connectivity index (χ0) is 40.7. The van der Waals surface area contributed by atoms with Crippen molar-refractivity contribution in [3.63, 3.8) is 0 Å². The minimum atomic E-state index is -0.637. The van der Waals surface area contributed by atoms with Gasteiger partial charge in [0.25, 0.3) is 0 Å². The third-order valence-corrected chi connectivity index (χ3v) is 6.55. The summed E-state index contributed by atoms with van der Waals surface area (Å²) in [6.07, 6.45) is 0. The molecule has 2 heteroatoms. The summed E-state index contributed by atoms with van der Waals surface area (Å²) in [7, 11) is 0. The van der Waals surface area contributed by atoms with Gasteiger partial charge < -0.3 is 9.13 Å². The SMILES string of the molecule is [2H]c1c([2H])c([2H])c(-n2c3ccc(-c4ccc5c(c4)c4c([2H])c([2H])c([2H])c([2H])c4n5-c4c([2H])c([2H])c([2H])c([2H])c4[2H])cc3c3c([2H])c([2H])c([2H])c([2H])c32)c([2H])c1[2H]. The lowest BCUT2D eigenvalue weighted by Gasteiger charge is -2.09. The molecule has 0 saturated heterocycles. The number of aromatic nitrogens is 2. The molecule has 0 aliphatic heterocycles. The zero-order valence-corrected chi connectivity index (χ0v) is 19.4. The summed E-state index contributed by atoms with van der Waals surface area (Å²) in [5.41, 5.74) is 0.469. The Morgan fingerprint density at radius 2 is 0.763 bits per heavy atom. The van der Waals surface area contributed by atoms with Crippen LogP contribution in [-0.4, -0.2) is 9.13 Å². The van der Waals surface area contributed by atoms with Crippen LogP contribution in [0.25, 0.3) is 66.1 Å². The lowest BCUT2D eigenvalue weighted by atomic mass is 10.0. The van der Waals surface area contributed by atoms with Gasteiger partial charge in [-0.05, 0) is 71.6 Å². The molecule has 0 aliphatic carbocycles. The monoisotopic (exact) mass is 502 g/mol. The van der Waals surface area contributed by atoms with Crippen molar-refractivity contribution in [1.82, 2.24) is 9.13 Å². The van der Waals surface area contributed by atoms with Crippen molar-refractivity contribution in [2.75, 3.05) is 0 Å². The highest BCUT2D eigenvalue weighted by molar-refractivity contribution is 6.12. The van der Waals surface area contributed by atoms with Crippen LogP contribution in [0, 0.1) is 0 Å². The number of fused-ring (bicyclic) bond motifs is 6. The van der Waals surface area contributed by atoms with Crippen molar-refractivity contribution in [2.45, 2.75) is 0 Å². The number of hydrogen-bond donors (Lipinski definition) is 0. The van der Waals surface area contributed by atoms with Crippen molar-refractivity contribution >= 4 is 43.6 Å². The molecule has 0 fully saturated rings. The van der Waals surface area contributed by atoms with E-state index in [1.165, 1.54) is 9.13 Å². The summed E-state index contributed by atoms with van der Waals surface area (Å²) in [4.78, 5) is 0. The predicted molar refractivity (Wildman–Crippen MR) is 161 cm³/mol.